The van der Waals surface area contributed by atoms with Crippen LogP contribution in [0.25, 0.3) is 0 Å². The molecule has 2 aromatic heterocycles. The fourth-order valence-corrected chi connectivity index (χ4v) is 3.37. The summed E-state index contributed by atoms with van der Waals surface area (Å²) < 4.78 is 5.43. The number of nitrogens with one attached hydrogen (secondary N) is 2. The van der Waals surface area contributed by atoms with E-state index in [4.69, 9.17) is 4.74 Å². The molecule has 2 heterocycles. The predicted octanol–water partition coefficient (Wildman–Crippen LogP) is 3.76. The first kappa shape index (κ1) is 21.7. The standard InChI is InChI=1S/C18H26N4OS.HI/c1-5-23-17-11-15(8-9-20-17)12-21-18(19-4)22-13(2)10-16-7-6-14(3)24-16;/h6-9,11,13H,5,10,12H2,1-4H3,(H2,19,21,22);1H. The summed E-state index contributed by atoms with van der Waals surface area (Å²) in [4.78, 5) is 11.2. The average molecular weight is 474 g/mol. The van der Waals surface area contributed by atoms with Crippen molar-refractivity contribution < 1.29 is 4.74 Å². The molecule has 0 spiro atoms. The molecule has 0 fully saturated rings. The number of aromatic nitrogens is 1. The van der Waals surface area contributed by atoms with Gasteiger partial charge in [-0.15, -0.1) is 35.3 Å². The van der Waals surface area contributed by atoms with Gasteiger partial charge in [0.2, 0.25) is 5.88 Å². The molecule has 2 N–H and O–H groups in total. The molecule has 7 heteroatoms. The van der Waals surface area contributed by atoms with Crippen LogP contribution < -0.4 is 15.4 Å². The van der Waals surface area contributed by atoms with E-state index in [9.17, 15) is 0 Å². The van der Waals surface area contributed by atoms with E-state index in [1.165, 1.54) is 9.75 Å². The Morgan fingerprint density at radius 1 is 1.36 bits per heavy atom. The molecule has 0 saturated carbocycles. The van der Waals surface area contributed by atoms with Crippen LogP contribution in [0.15, 0.2) is 35.5 Å². The Morgan fingerprint density at radius 2 is 2.16 bits per heavy atom. The number of rotatable bonds is 7. The summed E-state index contributed by atoms with van der Waals surface area (Å²) in [6.45, 7) is 7.55. The lowest BCUT2D eigenvalue weighted by Crippen LogP contribution is -2.42. The van der Waals surface area contributed by atoms with E-state index in [2.05, 4.69) is 46.6 Å². The molecule has 1 unspecified atom stereocenters. The fraction of sp³-hybridized carbons (Fsp3) is 0.444. The van der Waals surface area contributed by atoms with E-state index in [1.54, 1.807) is 13.2 Å². The summed E-state index contributed by atoms with van der Waals surface area (Å²) in [5, 5.41) is 6.77. The topological polar surface area (TPSA) is 58.5 Å². The number of nitrogens with zero attached hydrogens (tertiary/aromatic N) is 2. The van der Waals surface area contributed by atoms with Crippen molar-refractivity contribution in [2.45, 2.75) is 39.8 Å². The van der Waals surface area contributed by atoms with Crippen LogP contribution in [0.2, 0.25) is 0 Å². The van der Waals surface area contributed by atoms with E-state index >= 15 is 0 Å². The van der Waals surface area contributed by atoms with Crippen molar-refractivity contribution in [2.24, 2.45) is 4.99 Å². The molecule has 1 atom stereocenters. The maximum atomic E-state index is 5.43. The van der Waals surface area contributed by atoms with Crippen molar-refractivity contribution >= 4 is 41.3 Å². The third kappa shape index (κ3) is 7.60. The number of halogens is 1. The van der Waals surface area contributed by atoms with Crippen LogP contribution in [0.5, 0.6) is 5.88 Å². The minimum Gasteiger partial charge on any atom is -0.478 e. The second-order valence-electron chi connectivity index (χ2n) is 5.62. The third-order valence-corrected chi connectivity index (χ3v) is 4.48. The molecule has 0 radical (unpaired) electrons. The van der Waals surface area contributed by atoms with Crippen LogP contribution in [-0.2, 0) is 13.0 Å². The highest BCUT2D eigenvalue weighted by atomic mass is 127. The predicted molar refractivity (Wildman–Crippen MR) is 116 cm³/mol. The van der Waals surface area contributed by atoms with Gasteiger partial charge in [-0.3, -0.25) is 4.99 Å². The van der Waals surface area contributed by atoms with Crippen LogP contribution in [0, 0.1) is 6.92 Å². The number of guanidine groups is 1. The summed E-state index contributed by atoms with van der Waals surface area (Å²) in [6.07, 6.45) is 2.75. The van der Waals surface area contributed by atoms with Gasteiger partial charge in [0.15, 0.2) is 5.96 Å². The number of hydrogen-bond acceptors (Lipinski definition) is 4. The maximum absolute atomic E-state index is 5.43. The van der Waals surface area contributed by atoms with Gasteiger partial charge in [0.1, 0.15) is 0 Å². The Balaban J connectivity index is 0.00000312. The summed E-state index contributed by atoms with van der Waals surface area (Å²) in [5.74, 6) is 1.45. The van der Waals surface area contributed by atoms with E-state index in [-0.39, 0.29) is 24.0 Å². The highest BCUT2D eigenvalue weighted by molar-refractivity contribution is 14.0. The minimum absolute atomic E-state index is 0. The SMILES string of the molecule is CCOc1cc(CNC(=NC)NC(C)Cc2ccc(C)s2)ccn1.I. The molecular weight excluding hydrogens is 447 g/mol. The molecule has 138 valence electrons. The Morgan fingerprint density at radius 3 is 2.80 bits per heavy atom. The lowest BCUT2D eigenvalue weighted by atomic mass is 10.2. The largest absolute Gasteiger partial charge is 0.478 e. The van der Waals surface area contributed by atoms with Gasteiger partial charge in [-0.1, -0.05) is 0 Å². The smallest absolute Gasteiger partial charge is 0.213 e. The van der Waals surface area contributed by atoms with Crippen molar-refractivity contribution in [2.75, 3.05) is 13.7 Å². The Labute approximate surface area is 171 Å². The molecule has 25 heavy (non-hydrogen) atoms. The van der Waals surface area contributed by atoms with Gasteiger partial charge < -0.3 is 15.4 Å². The van der Waals surface area contributed by atoms with Gasteiger partial charge in [-0.25, -0.2) is 4.98 Å². The third-order valence-electron chi connectivity index (χ3n) is 3.46. The van der Waals surface area contributed by atoms with Crippen LogP contribution in [0.4, 0.5) is 0 Å². The molecule has 0 aliphatic rings. The first-order chi connectivity index (χ1) is 11.6. The second-order valence-corrected chi connectivity index (χ2v) is 7.00. The lowest BCUT2D eigenvalue weighted by Gasteiger charge is -2.17. The fourth-order valence-electron chi connectivity index (χ4n) is 2.35. The van der Waals surface area contributed by atoms with Crippen LogP contribution in [-0.4, -0.2) is 30.6 Å². The molecule has 5 nitrogen and oxygen atoms in total. The number of hydrogen-bond donors (Lipinski definition) is 2. The normalized spacial score (nSPS) is 12.2. The van der Waals surface area contributed by atoms with Crippen molar-refractivity contribution in [1.82, 2.24) is 15.6 Å². The van der Waals surface area contributed by atoms with Gasteiger partial charge in [0.05, 0.1) is 6.61 Å². The summed E-state index contributed by atoms with van der Waals surface area (Å²) in [6, 6.07) is 8.59. The number of aryl methyl sites for hydroxylation is 1. The highest BCUT2D eigenvalue weighted by Gasteiger charge is 2.08. The molecule has 2 rings (SSSR count). The second kappa shape index (κ2) is 11.3. The highest BCUT2D eigenvalue weighted by Crippen LogP contribution is 2.16. The first-order valence-corrected chi connectivity index (χ1v) is 9.02. The molecule has 0 amide bonds. The first-order valence-electron chi connectivity index (χ1n) is 8.21. The zero-order valence-electron chi connectivity index (χ0n) is 15.2. The Bertz CT molecular complexity index is 675. The molecule has 0 aromatic carbocycles. The van der Waals surface area contributed by atoms with E-state index in [0.29, 0.717) is 25.1 Å². The van der Waals surface area contributed by atoms with E-state index in [0.717, 1.165) is 17.9 Å². The lowest BCUT2D eigenvalue weighted by molar-refractivity contribution is 0.326. The maximum Gasteiger partial charge on any atom is 0.213 e. The van der Waals surface area contributed by atoms with Crippen LogP contribution in [0.3, 0.4) is 0 Å². The molecular formula is C18H27IN4OS. The van der Waals surface area contributed by atoms with Gasteiger partial charge in [-0.2, -0.15) is 0 Å². The van der Waals surface area contributed by atoms with Gasteiger partial charge in [0.25, 0.3) is 0 Å². The monoisotopic (exact) mass is 474 g/mol. The van der Waals surface area contributed by atoms with E-state index < -0.39 is 0 Å². The minimum atomic E-state index is 0. The number of pyridine rings is 1. The van der Waals surface area contributed by atoms with Crippen LogP contribution in [0.1, 0.15) is 29.2 Å². The van der Waals surface area contributed by atoms with Gasteiger partial charge >= 0.3 is 0 Å². The van der Waals surface area contributed by atoms with Crippen molar-refractivity contribution in [3.8, 4) is 5.88 Å². The summed E-state index contributed by atoms with van der Waals surface area (Å²) in [7, 11) is 1.79. The van der Waals surface area contributed by atoms with Crippen molar-refractivity contribution in [3.63, 3.8) is 0 Å². The Hall–Kier alpha value is -1.35. The van der Waals surface area contributed by atoms with Crippen molar-refractivity contribution in [3.05, 3.63) is 45.8 Å². The zero-order chi connectivity index (χ0) is 17.4. The van der Waals surface area contributed by atoms with E-state index in [1.807, 2.05) is 30.4 Å². The average Bonchev–Trinajstić information content (AvgIpc) is 2.97. The van der Waals surface area contributed by atoms with Crippen molar-refractivity contribution in [1.29, 1.82) is 0 Å². The quantitative estimate of drug-likeness (QED) is 0.365. The molecule has 0 aliphatic heterocycles. The molecule has 0 saturated heterocycles. The number of ether oxygens (including phenoxy) is 1. The summed E-state index contributed by atoms with van der Waals surface area (Å²) >= 11 is 1.85. The van der Waals surface area contributed by atoms with Crippen LogP contribution >= 0.6 is 35.3 Å². The molecule has 0 bridgehead atoms. The van der Waals surface area contributed by atoms with Gasteiger partial charge in [-0.05, 0) is 44.5 Å². The van der Waals surface area contributed by atoms with Gasteiger partial charge in [0, 0.05) is 48.1 Å². The molecule has 0 aliphatic carbocycles. The number of aliphatic imine (C=N–C) groups is 1. The number of thiophene rings is 1. The zero-order valence-corrected chi connectivity index (χ0v) is 18.4. The Kier molecular flexibility index (Phi) is 9.81. The molecule has 2 aromatic rings. The summed E-state index contributed by atoms with van der Waals surface area (Å²) in [5.41, 5.74) is 1.11.